The van der Waals surface area contributed by atoms with Gasteiger partial charge in [0.1, 0.15) is 17.7 Å². The summed E-state index contributed by atoms with van der Waals surface area (Å²) in [4.78, 5) is 23.9. The fourth-order valence-electron chi connectivity index (χ4n) is 4.72. The van der Waals surface area contributed by atoms with Crippen LogP contribution in [-0.4, -0.2) is 61.8 Å². The number of rotatable bonds is 9. The van der Waals surface area contributed by atoms with Gasteiger partial charge in [-0.05, 0) is 55.7 Å². The van der Waals surface area contributed by atoms with Gasteiger partial charge in [-0.3, -0.25) is 4.79 Å². The van der Waals surface area contributed by atoms with E-state index in [1.165, 1.54) is 0 Å². The van der Waals surface area contributed by atoms with Crippen LogP contribution in [0.2, 0.25) is 0 Å². The van der Waals surface area contributed by atoms with Crippen molar-refractivity contribution in [2.75, 3.05) is 49.7 Å². The molecule has 0 unspecified atom stereocenters. The van der Waals surface area contributed by atoms with E-state index in [0.717, 1.165) is 24.8 Å². The number of carbonyl (C=O) groups excluding carboxylic acids is 1. The van der Waals surface area contributed by atoms with Crippen LogP contribution in [-0.2, 0) is 22.1 Å². The molecular formula is C26H31F3N6O2. The van der Waals surface area contributed by atoms with Gasteiger partial charge in [-0.1, -0.05) is 12.1 Å². The maximum atomic E-state index is 13.7. The molecule has 0 saturated carbocycles. The summed E-state index contributed by atoms with van der Waals surface area (Å²) in [7, 11) is 1.66. The molecule has 198 valence electrons. The Morgan fingerprint density at radius 3 is 2.43 bits per heavy atom. The van der Waals surface area contributed by atoms with Crippen LogP contribution in [0.3, 0.4) is 0 Å². The molecule has 11 heteroatoms. The van der Waals surface area contributed by atoms with E-state index in [9.17, 15) is 18.0 Å². The third kappa shape index (κ3) is 6.68. The Hall–Kier alpha value is -3.39. The Balaban J connectivity index is 1.41. The molecule has 2 aliphatic rings. The molecule has 4 rings (SSSR count). The monoisotopic (exact) mass is 516 g/mol. The number of benzene rings is 1. The van der Waals surface area contributed by atoms with Crippen molar-refractivity contribution in [2.45, 2.75) is 44.3 Å². The standard InChI is InChI=1S/C26H31F3N6O2/c1-37-15-10-19-7-12-34(13-8-19)22-16-23(33-25(32-22)26(27,28)29)35-14-9-21(35)24(36)31-11-6-18-2-4-20(17-30)5-3-18/h2-5,16,19,21H,6-15H2,1H3,(H,31,36)/t21-/m0/s1. The highest BCUT2D eigenvalue weighted by Crippen LogP contribution is 2.34. The van der Waals surface area contributed by atoms with Crippen LogP contribution in [0.25, 0.3) is 0 Å². The summed E-state index contributed by atoms with van der Waals surface area (Å²) in [6.45, 7) is 2.73. The summed E-state index contributed by atoms with van der Waals surface area (Å²) in [5.41, 5.74) is 1.54. The normalized spacial score (nSPS) is 18.3. The molecule has 2 aliphatic heterocycles. The first kappa shape index (κ1) is 26.7. The maximum Gasteiger partial charge on any atom is 0.451 e. The Kier molecular flexibility index (Phi) is 8.48. The van der Waals surface area contributed by atoms with E-state index in [1.807, 2.05) is 17.0 Å². The van der Waals surface area contributed by atoms with Gasteiger partial charge in [0.05, 0.1) is 11.6 Å². The SMILES string of the molecule is COCCC1CCN(c2cc(N3CC[C@H]3C(=O)NCCc3ccc(C#N)cc3)nc(C(F)(F)F)n2)CC1. The van der Waals surface area contributed by atoms with E-state index in [0.29, 0.717) is 57.1 Å². The van der Waals surface area contributed by atoms with E-state index in [1.54, 1.807) is 30.2 Å². The smallest absolute Gasteiger partial charge is 0.385 e. The number of methoxy groups -OCH3 is 1. The van der Waals surface area contributed by atoms with Gasteiger partial charge >= 0.3 is 6.18 Å². The second-order valence-electron chi connectivity index (χ2n) is 9.47. The van der Waals surface area contributed by atoms with Crippen molar-refractivity contribution < 1.29 is 22.7 Å². The quantitative estimate of drug-likeness (QED) is 0.545. The van der Waals surface area contributed by atoms with Crippen molar-refractivity contribution in [3.8, 4) is 6.07 Å². The molecule has 1 atom stereocenters. The van der Waals surface area contributed by atoms with E-state index >= 15 is 0 Å². The molecule has 1 aromatic heterocycles. The molecule has 0 radical (unpaired) electrons. The highest BCUT2D eigenvalue weighted by Gasteiger charge is 2.40. The van der Waals surface area contributed by atoms with Crippen LogP contribution in [0, 0.1) is 17.2 Å². The number of nitrogens with one attached hydrogen (secondary N) is 1. The summed E-state index contributed by atoms with van der Waals surface area (Å²) in [5, 5.41) is 11.8. The van der Waals surface area contributed by atoms with Crippen LogP contribution >= 0.6 is 0 Å². The van der Waals surface area contributed by atoms with Gasteiger partial charge in [-0.15, -0.1) is 0 Å². The second kappa shape index (κ2) is 11.8. The lowest BCUT2D eigenvalue weighted by atomic mass is 9.94. The van der Waals surface area contributed by atoms with Crippen molar-refractivity contribution in [3.63, 3.8) is 0 Å². The number of hydrogen-bond donors (Lipinski definition) is 1. The number of halogens is 3. The van der Waals surface area contributed by atoms with E-state index in [2.05, 4.69) is 21.4 Å². The zero-order valence-corrected chi connectivity index (χ0v) is 20.8. The first-order valence-electron chi connectivity index (χ1n) is 12.5. The summed E-state index contributed by atoms with van der Waals surface area (Å²) in [6.07, 6.45) is -0.918. The predicted octanol–water partition coefficient (Wildman–Crippen LogP) is 3.56. The van der Waals surface area contributed by atoms with Crippen LogP contribution in [0.5, 0.6) is 0 Å². The summed E-state index contributed by atoms with van der Waals surface area (Å²) in [6, 6.07) is 10.2. The van der Waals surface area contributed by atoms with Gasteiger partial charge < -0.3 is 19.9 Å². The number of amides is 1. The maximum absolute atomic E-state index is 13.7. The lowest BCUT2D eigenvalue weighted by Gasteiger charge is -2.41. The van der Waals surface area contributed by atoms with Gasteiger partial charge in [0.25, 0.3) is 0 Å². The largest absolute Gasteiger partial charge is 0.451 e. The number of anilines is 2. The van der Waals surface area contributed by atoms with Crippen LogP contribution in [0.4, 0.5) is 24.8 Å². The molecule has 37 heavy (non-hydrogen) atoms. The minimum absolute atomic E-state index is 0.123. The second-order valence-corrected chi connectivity index (χ2v) is 9.47. The number of nitrogens with zero attached hydrogens (tertiary/aromatic N) is 5. The molecule has 1 N–H and O–H groups in total. The molecule has 0 aliphatic carbocycles. The number of hydrogen-bond acceptors (Lipinski definition) is 7. The molecule has 2 aromatic rings. The van der Waals surface area contributed by atoms with Crippen LogP contribution in [0.15, 0.2) is 30.3 Å². The number of aromatic nitrogens is 2. The molecule has 0 bridgehead atoms. The fraction of sp³-hybridized carbons (Fsp3) is 0.538. The topological polar surface area (TPSA) is 94.4 Å². The van der Waals surface area contributed by atoms with E-state index < -0.39 is 18.0 Å². The fourth-order valence-corrected chi connectivity index (χ4v) is 4.72. The van der Waals surface area contributed by atoms with Crippen molar-refractivity contribution >= 4 is 17.5 Å². The Morgan fingerprint density at radius 2 is 1.84 bits per heavy atom. The average molecular weight is 517 g/mol. The van der Waals surface area contributed by atoms with Gasteiger partial charge in [-0.25, -0.2) is 9.97 Å². The molecular weight excluding hydrogens is 485 g/mol. The molecule has 0 spiro atoms. The highest BCUT2D eigenvalue weighted by molar-refractivity contribution is 5.86. The van der Waals surface area contributed by atoms with E-state index in [-0.39, 0.29) is 17.5 Å². The first-order chi connectivity index (χ1) is 17.8. The number of piperidine rings is 1. The van der Waals surface area contributed by atoms with Gasteiger partial charge in [0.2, 0.25) is 11.7 Å². The van der Waals surface area contributed by atoms with Gasteiger partial charge in [0.15, 0.2) is 0 Å². The van der Waals surface area contributed by atoms with Crippen LogP contribution in [0.1, 0.15) is 42.6 Å². The third-order valence-electron chi connectivity index (χ3n) is 7.03. The average Bonchev–Trinajstić information content (AvgIpc) is 2.87. The molecule has 1 amide bonds. The highest BCUT2D eigenvalue weighted by atomic mass is 19.4. The predicted molar refractivity (Wildman–Crippen MR) is 132 cm³/mol. The summed E-state index contributed by atoms with van der Waals surface area (Å²) >= 11 is 0. The van der Waals surface area contributed by atoms with Gasteiger partial charge in [-0.2, -0.15) is 18.4 Å². The van der Waals surface area contributed by atoms with Crippen molar-refractivity contribution in [3.05, 3.63) is 47.3 Å². The first-order valence-corrected chi connectivity index (χ1v) is 12.5. The lowest BCUT2D eigenvalue weighted by molar-refractivity contribution is -0.144. The van der Waals surface area contributed by atoms with Crippen LogP contribution < -0.4 is 15.1 Å². The minimum Gasteiger partial charge on any atom is -0.385 e. The number of nitriles is 1. The third-order valence-corrected chi connectivity index (χ3v) is 7.03. The molecule has 1 aromatic carbocycles. The molecule has 8 nitrogen and oxygen atoms in total. The summed E-state index contributed by atoms with van der Waals surface area (Å²) < 4.78 is 46.1. The molecule has 3 heterocycles. The van der Waals surface area contributed by atoms with Gasteiger partial charge in [0, 0.05) is 46.0 Å². The number of ether oxygens (including phenoxy) is 1. The Bertz CT molecular complexity index is 1110. The lowest BCUT2D eigenvalue weighted by Crippen LogP contribution is -2.57. The number of alkyl halides is 3. The summed E-state index contributed by atoms with van der Waals surface area (Å²) in [5.74, 6) is -0.583. The molecule has 2 saturated heterocycles. The van der Waals surface area contributed by atoms with Crippen molar-refractivity contribution in [1.82, 2.24) is 15.3 Å². The zero-order chi connectivity index (χ0) is 26.4. The van der Waals surface area contributed by atoms with Crippen molar-refractivity contribution in [1.29, 1.82) is 5.26 Å². The zero-order valence-electron chi connectivity index (χ0n) is 20.8. The Labute approximate surface area is 214 Å². The minimum atomic E-state index is -4.69. The van der Waals surface area contributed by atoms with Crippen molar-refractivity contribution in [2.24, 2.45) is 5.92 Å². The van der Waals surface area contributed by atoms with E-state index in [4.69, 9.17) is 10.00 Å². The molecule has 2 fully saturated rings. The number of carbonyl (C=O) groups is 1. The Morgan fingerprint density at radius 1 is 1.14 bits per heavy atom.